The Hall–Kier alpha value is -1.63. The Morgan fingerprint density at radius 1 is 0.732 bits per heavy atom. The van der Waals surface area contributed by atoms with Crippen LogP contribution in [-0.4, -0.2) is 25.3 Å². The van der Waals surface area contributed by atoms with E-state index in [1.165, 1.54) is 76.4 Å². The quantitative estimate of drug-likeness (QED) is 0.271. The molecule has 1 N–H and O–H groups in total. The molecule has 0 bridgehead atoms. The number of hydrogen-bond acceptors (Lipinski definition) is 5. The molecule has 8 rings (SSSR count). The number of allylic oxidation sites excluding steroid dienone is 2. The lowest BCUT2D eigenvalue weighted by Gasteiger charge is -2.60. The molecule has 0 aromatic rings. The van der Waals surface area contributed by atoms with E-state index in [0.717, 1.165) is 37.0 Å². The van der Waals surface area contributed by atoms with Crippen LogP contribution in [0, 0.1) is 121 Å². The second kappa shape index (κ2) is 15.4. The second-order valence-corrected chi connectivity index (χ2v) is 28.1. The van der Waals surface area contributed by atoms with Crippen molar-refractivity contribution in [2.75, 3.05) is 0 Å². The van der Waals surface area contributed by atoms with Gasteiger partial charge in [0.2, 0.25) is 8.32 Å². The fourth-order valence-electron chi connectivity index (χ4n) is 16.8. The molecule has 8 aliphatic carbocycles. The number of Topliss-reactive ketones (excluding diaryl/α,β-unsaturated/α-hetero) is 1. The molecule has 0 unspecified atom stereocenters. The van der Waals surface area contributed by atoms with Gasteiger partial charge in [0, 0.05) is 31.1 Å². The molecule has 7 fully saturated rings. The molecule has 56 heavy (non-hydrogen) atoms. The Morgan fingerprint density at radius 2 is 1.23 bits per heavy atom. The molecule has 0 spiro atoms. The SMILES string of the molecule is C[C@@H]1CC[C@@]2(C)[C@H](C=C(O[Si](C)(C)C)[C@@H]3[C@@H]2CC[C@]2(C)[C@@H]([C@H](C)CC#N)CC[C@@H]32)C1.C[C@H](CC#N)[C@H]1CC[C@H]2[C@@H]3C(=O)C[C@@H]4C[C@H](O)CC[C@]4(C)[C@H]3CC[C@]12C. The monoisotopic (exact) mass is 785 g/mol. The number of rotatable bonds is 6. The maximum absolute atomic E-state index is 13.3. The molecule has 0 saturated heterocycles. The Balaban J connectivity index is 0.000000173. The summed E-state index contributed by atoms with van der Waals surface area (Å²) in [4.78, 5) is 13.3. The van der Waals surface area contributed by atoms with Gasteiger partial charge >= 0.3 is 0 Å². The van der Waals surface area contributed by atoms with Gasteiger partial charge in [-0.05, 0) is 196 Å². The highest BCUT2D eigenvalue weighted by molar-refractivity contribution is 6.70. The number of nitriles is 2. The molecule has 0 aromatic carbocycles. The molecule has 312 valence electrons. The van der Waals surface area contributed by atoms with E-state index in [2.05, 4.69) is 86.3 Å². The minimum absolute atomic E-state index is 0.200. The van der Waals surface area contributed by atoms with Gasteiger partial charge in [0.25, 0.3) is 0 Å². The van der Waals surface area contributed by atoms with E-state index in [1.54, 1.807) is 0 Å². The molecule has 0 aliphatic heterocycles. The van der Waals surface area contributed by atoms with Gasteiger partial charge in [-0.1, -0.05) is 54.9 Å². The summed E-state index contributed by atoms with van der Waals surface area (Å²) in [7, 11) is -1.65. The number of ketones is 1. The van der Waals surface area contributed by atoms with E-state index in [1.807, 2.05) is 0 Å². The maximum atomic E-state index is 13.3. The lowest BCUT2D eigenvalue weighted by molar-refractivity contribution is -0.160. The number of carbonyl (C=O) groups excluding carboxylic acids is 1. The van der Waals surface area contributed by atoms with Crippen LogP contribution in [-0.2, 0) is 9.22 Å². The third-order valence-corrected chi connectivity index (χ3v) is 20.6. The highest BCUT2D eigenvalue weighted by Crippen LogP contribution is 2.70. The predicted molar refractivity (Wildman–Crippen MR) is 228 cm³/mol. The molecule has 0 radical (unpaired) electrons. The second-order valence-electron chi connectivity index (χ2n) is 23.7. The van der Waals surface area contributed by atoms with Crippen LogP contribution in [0.2, 0.25) is 19.6 Å². The first-order valence-electron chi connectivity index (χ1n) is 23.7. The summed E-state index contributed by atoms with van der Waals surface area (Å²) in [5.74, 6) is 9.52. The van der Waals surface area contributed by atoms with Gasteiger partial charge in [-0.3, -0.25) is 4.79 Å². The average molecular weight is 785 g/mol. The summed E-state index contributed by atoms with van der Waals surface area (Å²) in [5, 5.41) is 28.7. The number of fused-ring (bicyclic) bond motifs is 10. The van der Waals surface area contributed by atoms with Crippen molar-refractivity contribution in [3.05, 3.63) is 11.8 Å². The first kappa shape index (κ1) is 42.5. The van der Waals surface area contributed by atoms with Crippen LogP contribution in [0.4, 0.5) is 0 Å². The van der Waals surface area contributed by atoms with Crippen molar-refractivity contribution in [3.8, 4) is 12.1 Å². The van der Waals surface area contributed by atoms with E-state index in [9.17, 15) is 15.2 Å². The number of aliphatic hydroxyl groups is 1. The van der Waals surface area contributed by atoms with Gasteiger partial charge in [0.1, 0.15) is 5.78 Å². The summed E-state index contributed by atoms with van der Waals surface area (Å²) in [6.45, 7) is 24.2. The first-order valence-corrected chi connectivity index (χ1v) is 27.1. The van der Waals surface area contributed by atoms with Crippen molar-refractivity contribution in [1.29, 1.82) is 10.5 Å². The van der Waals surface area contributed by atoms with Gasteiger partial charge in [0.05, 0.1) is 24.0 Å². The van der Waals surface area contributed by atoms with Crippen LogP contribution >= 0.6 is 0 Å². The zero-order valence-electron chi connectivity index (χ0n) is 37.3. The van der Waals surface area contributed by atoms with E-state index in [4.69, 9.17) is 9.69 Å². The van der Waals surface area contributed by atoms with Crippen molar-refractivity contribution in [2.24, 2.45) is 98.6 Å². The molecule has 18 atom stereocenters. The average Bonchev–Trinajstić information content (AvgIpc) is 3.66. The Labute approximate surface area is 343 Å². The lowest BCUT2D eigenvalue weighted by Crippen LogP contribution is -2.57. The zero-order chi connectivity index (χ0) is 40.6. The van der Waals surface area contributed by atoms with Gasteiger partial charge in [-0.2, -0.15) is 10.5 Å². The first-order chi connectivity index (χ1) is 26.3. The Kier molecular flexibility index (Phi) is 11.7. The van der Waals surface area contributed by atoms with Gasteiger partial charge in [-0.15, -0.1) is 0 Å². The minimum atomic E-state index is -1.65. The third-order valence-electron chi connectivity index (χ3n) is 19.7. The molecule has 6 heteroatoms. The molecule has 0 aromatic heterocycles. The molecule has 7 saturated carbocycles. The number of aliphatic hydroxyl groups excluding tert-OH is 1. The number of hydrogen-bond donors (Lipinski definition) is 1. The van der Waals surface area contributed by atoms with Gasteiger partial charge in [0.15, 0.2) is 0 Å². The molecular formula is C50H80N2O3Si. The van der Waals surface area contributed by atoms with E-state index in [0.29, 0.717) is 89.1 Å². The van der Waals surface area contributed by atoms with Crippen LogP contribution in [0.25, 0.3) is 0 Å². The Bertz CT molecular complexity index is 1590. The molecular weight excluding hydrogens is 705 g/mol. The number of carbonyl (C=O) groups is 1. The lowest BCUT2D eigenvalue weighted by atomic mass is 9.44. The van der Waals surface area contributed by atoms with Crippen LogP contribution in [0.5, 0.6) is 0 Å². The van der Waals surface area contributed by atoms with E-state index in [-0.39, 0.29) is 22.9 Å². The standard InChI is InChI=1S/C27H45NOSi.C23H35NO2/c1-18-10-13-26(3)20(16-18)17-24(29-30(5,6)7)25-22-9-8-21(19(2)12-15-28)27(22,4)14-11-23(25)26;1-14(8-11-24)17-4-5-18-21-19(7-10-23(17,18)3)22(2)9-6-16(25)12-15(22)13-20(21)26/h17-23,25H,8-14,16H2,1-7H3;14-19,21,25H,4-10,12-13H2,1-3H3/t18-,19-,20+,21-,22+,23+,25+,26+,27-;14-,15+,16-,17-,18+,19+,21+,22+,23-/m11/s1. The summed E-state index contributed by atoms with van der Waals surface area (Å²) in [6, 6.07) is 4.85. The third kappa shape index (κ3) is 7.11. The summed E-state index contributed by atoms with van der Waals surface area (Å²) >= 11 is 0. The van der Waals surface area contributed by atoms with Crippen molar-refractivity contribution in [3.63, 3.8) is 0 Å². The summed E-state index contributed by atoms with van der Waals surface area (Å²) in [6.07, 6.45) is 21.6. The normalized spacial score (nSPS) is 49.0. The molecule has 8 aliphatic rings. The van der Waals surface area contributed by atoms with Gasteiger partial charge in [-0.25, -0.2) is 0 Å². The number of nitrogens with zero attached hydrogens (tertiary/aromatic N) is 2. The summed E-state index contributed by atoms with van der Waals surface area (Å²) in [5.41, 5.74) is 1.33. The molecule has 5 nitrogen and oxygen atoms in total. The highest BCUT2D eigenvalue weighted by atomic mass is 28.4. The smallest absolute Gasteiger partial charge is 0.241 e. The van der Waals surface area contributed by atoms with E-state index >= 15 is 0 Å². The molecule has 0 amide bonds. The predicted octanol–water partition coefficient (Wildman–Crippen LogP) is 12.5. The van der Waals surface area contributed by atoms with Crippen molar-refractivity contribution >= 4 is 14.1 Å². The minimum Gasteiger partial charge on any atom is -0.547 e. The van der Waals surface area contributed by atoms with Crippen LogP contribution in [0.3, 0.4) is 0 Å². The van der Waals surface area contributed by atoms with E-state index < -0.39 is 8.32 Å². The zero-order valence-corrected chi connectivity index (χ0v) is 38.3. The van der Waals surface area contributed by atoms with Gasteiger partial charge < -0.3 is 9.53 Å². The highest BCUT2D eigenvalue weighted by Gasteiger charge is 2.64. The topological polar surface area (TPSA) is 94.1 Å². The van der Waals surface area contributed by atoms with Crippen molar-refractivity contribution in [1.82, 2.24) is 0 Å². The maximum Gasteiger partial charge on any atom is 0.241 e. The Morgan fingerprint density at radius 3 is 1.79 bits per heavy atom. The van der Waals surface area contributed by atoms with Crippen LogP contribution < -0.4 is 0 Å². The van der Waals surface area contributed by atoms with Crippen molar-refractivity contribution < 1.29 is 14.3 Å². The van der Waals surface area contributed by atoms with Crippen LogP contribution in [0.15, 0.2) is 11.8 Å². The fourth-order valence-corrected chi connectivity index (χ4v) is 17.7. The fraction of sp³-hybridized carbons (Fsp3) is 0.900. The molecule has 0 heterocycles. The van der Waals surface area contributed by atoms with Crippen LogP contribution in [0.1, 0.15) is 158 Å². The van der Waals surface area contributed by atoms with Crippen molar-refractivity contribution in [2.45, 2.75) is 183 Å². The summed E-state index contributed by atoms with van der Waals surface area (Å²) < 4.78 is 6.92. The largest absolute Gasteiger partial charge is 0.547 e.